The molecule has 0 unspecified atom stereocenters. The number of carbonyl (C=O) groups excluding carboxylic acids is 1. The van der Waals surface area contributed by atoms with E-state index < -0.39 is 12.2 Å². The molecule has 2 heterocycles. The molecule has 31 heavy (non-hydrogen) atoms. The van der Waals surface area contributed by atoms with Crippen LogP contribution < -0.4 is 19.6 Å². The van der Waals surface area contributed by atoms with E-state index >= 15 is 0 Å². The highest BCUT2D eigenvalue weighted by Crippen LogP contribution is 2.46. The van der Waals surface area contributed by atoms with Gasteiger partial charge in [0.15, 0.2) is 17.7 Å². The minimum atomic E-state index is -0.405. The average molecular weight is 414 g/mol. The van der Waals surface area contributed by atoms with Crippen molar-refractivity contribution in [2.45, 2.75) is 19.2 Å². The summed E-state index contributed by atoms with van der Waals surface area (Å²) in [5.74, 6) is 1.29. The van der Waals surface area contributed by atoms with Crippen LogP contribution in [0.25, 0.3) is 5.70 Å². The fourth-order valence-corrected chi connectivity index (χ4v) is 4.02. The molecule has 0 amide bonds. The molecule has 3 aromatic carbocycles. The molecule has 2 aliphatic heterocycles. The van der Waals surface area contributed by atoms with Crippen molar-refractivity contribution in [3.63, 3.8) is 0 Å². The molecular weight excluding hydrogens is 392 g/mol. The number of benzene rings is 3. The minimum Gasteiger partial charge on any atom is -0.493 e. The van der Waals surface area contributed by atoms with Crippen molar-refractivity contribution in [1.82, 2.24) is 10.4 Å². The second-order valence-electron chi connectivity index (χ2n) is 7.42. The molecule has 0 radical (unpaired) electrons. The summed E-state index contributed by atoms with van der Waals surface area (Å²) in [5.41, 5.74) is 7.64. The zero-order chi connectivity index (χ0) is 21.4. The number of hydrazine groups is 1. The van der Waals surface area contributed by atoms with Crippen molar-refractivity contribution >= 4 is 11.7 Å². The molecule has 1 N–H and O–H groups in total. The molecule has 0 fully saturated rings. The van der Waals surface area contributed by atoms with Gasteiger partial charge in [0.25, 0.3) is 0 Å². The third kappa shape index (κ3) is 3.51. The second-order valence-corrected chi connectivity index (χ2v) is 7.42. The third-order valence-electron chi connectivity index (χ3n) is 5.41. The Balaban J connectivity index is 1.55. The van der Waals surface area contributed by atoms with E-state index in [1.807, 2.05) is 48.5 Å². The van der Waals surface area contributed by atoms with E-state index in [1.54, 1.807) is 13.2 Å². The lowest BCUT2D eigenvalue weighted by atomic mass is 10.0. The quantitative estimate of drug-likeness (QED) is 0.497. The normalized spacial score (nSPS) is 19.4. The maximum Gasteiger partial charge on any atom is 0.308 e. The summed E-state index contributed by atoms with van der Waals surface area (Å²) in [6, 6.07) is 23.7. The molecule has 156 valence electrons. The third-order valence-corrected chi connectivity index (χ3v) is 5.41. The Labute approximate surface area is 180 Å². The van der Waals surface area contributed by atoms with Crippen LogP contribution >= 0.6 is 0 Å². The van der Waals surface area contributed by atoms with Crippen LogP contribution in [0.4, 0.5) is 0 Å². The van der Waals surface area contributed by atoms with Crippen LogP contribution in [0.5, 0.6) is 17.2 Å². The van der Waals surface area contributed by atoms with Gasteiger partial charge in [0.2, 0.25) is 0 Å². The van der Waals surface area contributed by atoms with Crippen molar-refractivity contribution < 1.29 is 19.0 Å². The average Bonchev–Trinajstić information content (AvgIpc) is 3.25. The Hall–Kier alpha value is -3.77. The zero-order valence-electron chi connectivity index (χ0n) is 17.2. The molecule has 2 atom stereocenters. The molecule has 0 saturated heterocycles. The van der Waals surface area contributed by atoms with Crippen LogP contribution in [0.3, 0.4) is 0 Å². The fraction of sp³-hybridized carbons (Fsp3) is 0.160. The minimum absolute atomic E-state index is 0.00398. The van der Waals surface area contributed by atoms with Gasteiger partial charge in [0.1, 0.15) is 5.75 Å². The van der Waals surface area contributed by atoms with Crippen LogP contribution in [0.2, 0.25) is 0 Å². The molecule has 6 nitrogen and oxygen atoms in total. The predicted octanol–water partition coefficient (Wildman–Crippen LogP) is 4.61. The van der Waals surface area contributed by atoms with Crippen molar-refractivity contribution in [2.24, 2.45) is 0 Å². The summed E-state index contributed by atoms with van der Waals surface area (Å²) < 4.78 is 17.1. The lowest BCUT2D eigenvalue weighted by Gasteiger charge is -2.39. The SMILES string of the molecule is COc1cc([C@H]2Oc3ccccc3[C@H]3C=C(c4ccccc4)NN32)ccc1OC(C)=O. The summed E-state index contributed by atoms with van der Waals surface area (Å²) >= 11 is 0. The topological polar surface area (TPSA) is 60.0 Å². The van der Waals surface area contributed by atoms with E-state index in [4.69, 9.17) is 14.2 Å². The summed E-state index contributed by atoms with van der Waals surface area (Å²) in [6.07, 6.45) is 1.81. The summed E-state index contributed by atoms with van der Waals surface area (Å²) in [5, 5.41) is 2.09. The number of methoxy groups -OCH3 is 1. The maximum absolute atomic E-state index is 11.4. The summed E-state index contributed by atoms with van der Waals surface area (Å²) in [4.78, 5) is 11.4. The number of ether oxygens (including phenoxy) is 3. The van der Waals surface area contributed by atoms with Crippen LogP contribution in [0, 0.1) is 0 Å². The predicted molar refractivity (Wildman–Crippen MR) is 116 cm³/mol. The van der Waals surface area contributed by atoms with Crippen LogP contribution in [0.1, 0.15) is 35.9 Å². The molecule has 3 aromatic rings. The smallest absolute Gasteiger partial charge is 0.308 e. The Morgan fingerprint density at radius 3 is 2.55 bits per heavy atom. The van der Waals surface area contributed by atoms with Crippen molar-refractivity contribution in [3.05, 3.63) is 95.6 Å². The van der Waals surface area contributed by atoms with Gasteiger partial charge >= 0.3 is 5.97 Å². The molecule has 6 heteroatoms. The van der Waals surface area contributed by atoms with Gasteiger partial charge in [0, 0.05) is 18.1 Å². The molecule has 2 aliphatic rings. The number of esters is 1. The number of nitrogens with zero attached hydrogens (tertiary/aromatic N) is 1. The highest BCUT2D eigenvalue weighted by molar-refractivity contribution is 5.70. The van der Waals surface area contributed by atoms with Crippen LogP contribution in [0.15, 0.2) is 78.9 Å². The van der Waals surface area contributed by atoms with E-state index in [0.29, 0.717) is 11.5 Å². The van der Waals surface area contributed by atoms with Crippen molar-refractivity contribution in [2.75, 3.05) is 7.11 Å². The van der Waals surface area contributed by atoms with Crippen molar-refractivity contribution in [1.29, 1.82) is 0 Å². The number of hydrogen-bond acceptors (Lipinski definition) is 6. The van der Waals surface area contributed by atoms with E-state index in [2.05, 4.69) is 34.7 Å². The molecule has 0 saturated carbocycles. The maximum atomic E-state index is 11.4. The first-order valence-corrected chi connectivity index (χ1v) is 10.1. The molecule has 0 aliphatic carbocycles. The van der Waals surface area contributed by atoms with E-state index in [0.717, 1.165) is 28.1 Å². The Bertz CT molecular complexity index is 1160. The molecular formula is C25H22N2O4. The van der Waals surface area contributed by atoms with Crippen LogP contribution in [-0.4, -0.2) is 18.1 Å². The number of hydrogen-bond donors (Lipinski definition) is 1. The largest absolute Gasteiger partial charge is 0.493 e. The fourth-order valence-electron chi connectivity index (χ4n) is 4.02. The monoisotopic (exact) mass is 414 g/mol. The zero-order valence-corrected chi connectivity index (χ0v) is 17.2. The highest BCUT2D eigenvalue weighted by Gasteiger charge is 2.40. The van der Waals surface area contributed by atoms with Gasteiger partial charge in [0.05, 0.1) is 18.8 Å². The Kier molecular flexibility index (Phi) is 4.84. The van der Waals surface area contributed by atoms with Gasteiger partial charge in [-0.1, -0.05) is 48.5 Å². The summed E-state index contributed by atoms with van der Waals surface area (Å²) in [7, 11) is 1.55. The number of para-hydroxylation sites is 1. The summed E-state index contributed by atoms with van der Waals surface area (Å²) in [6.45, 7) is 1.37. The standard InChI is InChI=1S/C25H22N2O4/c1-16(28)30-23-13-12-18(14-24(23)29-2)25-27-21(19-10-6-7-11-22(19)31-25)15-20(26-27)17-8-4-3-5-9-17/h3-15,21,25-26H,1-2H3/t21-,25-/m1/s1. The van der Waals surface area contributed by atoms with Gasteiger partial charge in [-0.2, -0.15) is 5.01 Å². The molecule has 5 rings (SSSR count). The van der Waals surface area contributed by atoms with Gasteiger partial charge < -0.3 is 19.6 Å². The van der Waals surface area contributed by atoms with E-state index in [1.165, 1.54) is 6.92 Å². The van der Waals surface area contributed by atoms with Crippen molar-refractivity contribution in [3.8, 4) is 17.2 Å². The lowest BCUT2D eigenvalue weighted by molar-refractivity contribution is -0.132. The Morgan fingerprint density at radius 1 is 1.00 bits per heavy atom. The first-order chi connectivity index (χ1) is 15.1. The number of nitrogens with one attached hydrogen (secondary N) is 1. The molecule has 0 spiro atoms. The Morgan fingerprint density at radius 2 is 1.77 bits per heavy atom. The van der Waals surface area contributed by atoms with E-state index in [9.17, 15) is 4.79 Å². The lowest BCUT2D eigenvalue weighted by Crippen LogP contribution is -2.43. The first kappa shape index (κ1) is 19.2. The van der Waals surface area contributed by atoms with Gasteiger partial charge in [-0.05, 0) is 35.9 Å². The first-order valence-electron chi connectivity index (χ1n) is 10.1. The number of rotatable bonds is 4. The van der Waals surface area contributed by atoms with Crippen LogP contribution in [-0.2, 0) is 4.79 Å². The number of carbonyl (C=O) groups is 1. The highest BCUT2D eigenvalue weighted by atomic mass is 16.6. The number of fused-ring (bicyclic) bond motifs is 3. The second kappa shape index (κ2) is 7.81. The van der Waals surface area contributed by atoms with E-state index in [-0.39, 0.29) is 6.04 Å². The van der Waals surface area contributed by atoms with Gasteiger partial charge in [-0.3, -0.25) is 4.79 Å². The van der Waals surface area contributed by atoms with Gasteiger partial charge in [-0.25, -0.2) is 0 Å². The molecule has 0 bridgehead atoms. The van der Waals surface area contributed by atoms with Gasteiger partial charge in [-0.15, -0.1) is 0 Å². The molecule has 0 aromatic heterocycles.